The highest BCUT2D eigenvalue weighted by molar-refractivity contribution is 5.94. The van der Waals surface area contributed by atoms with E-state index >= 15 is 0 Å². The molecule has 34 heavy (non-hydrogen) atoms. The van der Waals surface area contributed by atoms with Crippen molar-refractivity contribution < 1.29 is 19.1 Å². The first-order valence-electron chi connectivity index (χ1n) is 11.6. The van der Waals surface area contributed by atoms with Crippen LogP contribution in [0.4, 0.5) is 5.69 Å². The summed E-state index contributed by atoms with van der Waals surface area (Å²) in [5.41, 5.74) is 2.93. The summed E-state index contributed by atoms with van der Waals surface area (Å²) in [5.74, 6) is 0.593. The number of methoxy groups -OCH3 is 1. The number of hydrogen-bond acceptors (Lipinski definition) is 5. The zero-order valence-corrected chi connectivity index (χ0v) is 20.3. The molecule has 3 amide bonds. The third-order valence-corrected chi connectivity index (χ3v) is 6.01. The number of aryl methyl sites for hydroxylation is 2. The van der Waals surface area contributed by atoms with E-state index in [4.69, 9.17) is 4.74 Å². The molecule has 182 valence electrons. The number of nitrogens with zero attached hydrogens (tertiary/aromatic N) is 3. The molecule has 0 aliphatic carbocycles. The number of carbonyl (C=O) groups excluding carboxylic acids is 3. The standard InChI is InChI=1S/C26H34N4O4/c1-20-4-9-22(10-5-20)27-24(31)18-28(2)26(33)19-29-14-16-30(17-15-29)25(32)13-8-21-6-11-23(34-3)12-7-21/h4-7,9-12H,8,13-19H2,1-3H3,(H,27,31). The number of benzene rings is 2. The van der Waals surface area contributed by atoms with Gasteiger partial charge in [-0.2, -0.15) is 0 Å². The van der Waals surface area contributed by atoms with Gasteiger partial charge in [-0.3, -0.25) is 19.3 Å². The lowest BCUT2D eigenvalue weighted by Crippen LogP contribution is -2.51. The minimum atomic E-state index is -0.230. The number of rotatable bonds is 9. The minimum Gasteiger partial charge on any atom is -0.497 e. The van der Waals surface area contributed by atoms with Gasteiger partial charge in [0, 0.05) is 45.3 Å². The lowest BCUT2D eigenvalue weighted by Gasteiger charge is -2.35. The van der Waals surface area contributed by atoms with Gasteiger partial charge < -0.3 is 19.9 Å². The van der Waals surface area contributed by atoms with Crippen molar-refractivity contribution in [3.05, 3.63) is 59.7 Å². The second-order valence-corrected chi connectivity index (χ2v) is 8.67. The Hall–Kier alpha value is -3.39. The van der Waals surface area contributed by atoms with Crippen LogP contribution in [0.1, 0.15) is 17.5 Å². The molecular weight excluding hydrogens is 432 g/mol. The molecule has 8 nitrogen and oxygen atoms in total. The summed E-state index contributed by atoms with van der Waals surface area (Å²) in [6.07, 6.45) is 1.15. The second-order valence-electron chi connectivity index (χ2n) is 8.67. The molecule has 8 heteroatoms. The van der Waals surface area contributed by atoms with E-state index < -0.39 is 0 Å². The van der Waals surface area contributed by atoms with E-state index in [-0.39, 0.29) is 30.8 Å². The SMILES string of the molecule is COc1ccc(CCC(=O)N2CCN(CC(=O)N(C)CC(=O)Nc3ccc(C)cc3)CC2)cc1. The Morgan fingerprint density at radius 2 is 1.62 bits per heavy atom. The molecule has 1 heterocycles. The number of nitrogens with one attached hydrogen (secondary N) is 1. The van der Waals surface area contributed by atoms with Gasteiger partial charge in [0.05, 0.1) is 20.2 Å². The van der Waals surface area contributed by atoms with Gasteiger partial charge in [0.25, 0.3) is 0 Å². The number of anilines is 1. The number of piperazine rings is 1. The van der Waals surface area contributed by atoms with Crippen LogP contribution >= 0.6 is 0 Å². The highest BCUT2D eigenvalue weighted by Crippen LogP contribution is 2.14. The van der Waals surface area contributed by atoms with Crippen LogP contribution < -0.4 is 10.1 Å². The zero-order valence-electron chi connectivity index (χ0n) is 20.3. The van der Waals surface area contributed by atoms with E-state index in [1.807, 2.05) is 65.3 Å². The fourth-order valence-corrected chi connectivity index (χ4v) is 3.81. The minimum absolute atomic E-state index is 0.00345. The fraction of sp³-hybridized carbons (Fsp3) is 0.423. The van der Waals surface area contributed by atoms with Gasteiger partial charge in [-0.1, -0.05) is 29.8 Å². The normalized spacial score (nSPS) is 13.9. The molecule has 0 saturated carbocycles. The van der Waals surface area contributed by atoms with Crippen molar-refractivity contribution >= 4 is 23.4 Å². The Morgan fingerprint density at radius 1 is 0.971 bits per heavy atom. The van der Waals surface area contributed by atoms with E-state index in [1.54, 1.807) is 14.2 Å². The first kappa shape index (κ1) is 25.2. The van der Waals surface area contributed by atoms with Gasteiger partial charge in [0.15, 0.2) is 0 Å². The highest BCUT2D eigenvalue weighted by atomic mass is 16.5. The molecule has 0 radical (unpaired) electrons. The quantitative estimate of drug-likeness (QED) is 0.613. The van der Waals surface area contributed by atoms with Crippen molar-refractivity contribution in [1.29, 1.82) is 0 Å². The van der Waals surface area contributed by atoms with E-state index in [9.17, 15) is 14.4 Å². The molecule has 1 saturated heterocycles. The number of carbonyl (C=O) groups is 3. The Labute approximate surface area is 201 Å². The Bertz CT molecular complexity index is 967. The number of hydrogen-bond donors (Lipinski definition) is 1. The fourth-order valence-electron chi connectivity index (χ4n) is 3.81. The first-order chi connectivity index (χ1) is 16.3. The second kappa shape index (κ2) is 12.2. The van der Waals surface area contributed by atoms with E-state index in [2.05, 4.69) is 5.32 Å². The van der Waals surface area contributed by atoms with Crippen LogP contribution in [-0.4, -0.2) is 85.8 Å². The summed E-state index contributed by atoms with van der Waals surface area (Å²) in [7, 11) is 3.27. The van der Waals surface area contributed by atoms with Crippen molar-refractivity contribution in [1.82, 2.24) is 14.7 Å². The molecular formula is C26H34N4O4. The lowest BCUT2D eigenvalue weighted by atomic mass is 10.1. The van der Waals surface area contributed by atoms with Gasteiger partial charge in [-0.15, -0.1) is 0 Å². The molecule has 0 bridgehead atoms. The zero-order chi connectivity index (χ0) is 24.5. The van der Waals surface area contributed by atoms with Gasteiger partial charge in [0.2, 0.25) is 17.7 Å². The molecule has 3 rings (SSSR count). The number of likely N-dealkylation sites (N-methyl/N-ethyl adjacent to an activating group) is 1. The van der Waals surface area contributed by atoms with Gasteiger partial charge in [-0.25, -0.2) is 0 Å². The summed E-state index contributed by atoms with van der Waals surface area (Å²) in [6, 6.07) is 15.3. The molecule has 1 aliphatic heterocycles. The molecule has 1 fully saturated rings. The maximum atomic E-state index is 12.6. The largest absolute Gasteiger partial charge is 0.497 e. The molecule has 0 spiro atoms. The van der Waals surface area contributed by atoms with E-state index in [0.29, 0.717) is 44.7 Å². The highest BCUT2D eigenvalue weighted by Gasteiger charge is 2.23. The summed E-state index contributed by atoms with van der Waals surface area (Å²) in [6.45, 7) is 4.71. The van der Waals surface area contributed by atoms with Crippen LogP contribution in [0.25, 0.3) is 0 Å². The molecule has 0 atom stereocenters. The Morgan fingerprint density at radius 3 is 2.24 bits per heavy atom. The average molecular weight is 467 g/mol. The Kier molecular flexibility index (Phi) is 9.04. The smallest absolute Gasteiger partial charge is 0.243 e. The average Bonchev–Trinajstić information content (AvgIpc) is 2.84. The van der Waals surface area contributed by atoms with Crippen LogP contribution in [0.15, 0.2) is 48.5 Å². The molecule has 2 aromatic rings. The van der Waals surface area contributed by atoms with Crippen molar-refractivity contribution in [2.45, 2.75) is 19.8 Å². The topological polar surface area (TPSA) is 82.2 Å². The van der Waals surface area contributed by atoms with Crippen molar-refractivity contribution in [2.24, 2.45) is 0 Å². The lowest BCUT2D eigenvalue weighted by molar-refractivity contribution is -0.136. The monoisotopic (exact) mass is 466 g/mol. The van der Waals surface area contributed by atoms with Crippen molar-refractivity contribution in [3.63, 3.8) is 0 Å². The van der Waals surface area contributed by atoms with Gasteiger partial charge in [-0.05, 0) is 43.2 Å². The maximum Gasteiger partial charge on any atom is 0.243 e. The maximum absolute atomic E-state index is 12.6. The molecule has 1 aliphatic rings. The number of amides is 3. The summed E-state index contributed by atoms with van der Waals surface area (Å²) in [5, 5.41) is 2.81. The predicted molar refractivity (Wildman–Crippen MR) is 132 cm³/mol. The van der Waals surface area contributed by atoms with Crippen LogP contribution in [0.5, 0.6) is 5.75 Å². The summed E-state index contributed by atoms with van der Waals surface area (Å²) in [4.78, 5) is 42.7. The van der Waals surface area contributed by atoms with E-state index in [0.717, 1.165) is 16.9 Å². The van der Waals surface area contributed by atoms with Crippen molar-refractivity contribution in [2.75, 3.05) is 58.7 Å². The summed E-state index contributed by atoms with van der Waals surface area (Å²) >= 11 is 0. The van der Waals surface area contributed by atoms with Crippen molar-refractivity contribution in [3.8, 4) is 5.75 Å². The predicted octanol–water partition coefficient (Wildman–Crippen LogP) is 2.18. The molecule has 0 aromatic heterocycles. The van der Waals surface area contributed by atoms with Gasteiger partial charge in [0.1, 0.15) is 5.75 Å². The van der Waals surface area contributed by atoms with Crippen LogP contribution in [-0.2, 0) is 20.8 Å². The third-order valence-electron chi connectivity index (χ3n) is 6.01. The Balaban J connectivity index is 1.36. The summed E-state index contributed by atoms with van der Waals surface area (Å²) < 4.78 is 5.16. The van der Waals surface area contributed by atoms with Crippen LogP contribution in [0.2, 0.25) is 0 Å². The van der Waals surface area contributed by atoms with E-state index in [1.165, 1.54) is 4.90 Å². The molecule has 0 unspecified atom stereocenters. The van der Waals surface area contributed by atoms with Crippen LogP contribution in [0.3, 0.4) is 0 Å². The first-order valence-corrected chi connectivity index (χ1v) is 11.6. The third kappa shape index (κ3) is 7.59. The number of ether oxygens (including phenoxy) is 1. The van der Waals surface area contributed by atoms with Crippen LogP contribution in [0, 0.1) is 6.92 Å². The molecule has 1 N–H and O–H groups in total. The van der Waals surface area contributed by atoms with Gasteiger partial charge >= 0.3 is 0 Å². The molecule has 2 aromatic carbocycles.